The Balaban J connectivity index is 2.04. The van der Waals surface area contributed by atoms with Crippen LogP contribution < -0.4 is 5.32 Å². The molecular formula is C15H14N2O2S. The van der Waals surface area contributed by atoms with Gasteiger partial charge >= 0.3 is 0 Å². The molecule has 1 N–H and O–H groups in total. The Bertz CT molecular complexity index is 652. The Morgan fingerprint density at radius 2 is 2.20 bits per heavy atom. The van der Waals surface area contributed by atoms with Crippen molar-refractivity contribution >= 4 is 23.2 Å². The molecule has 5 heteroatoms. The molecule has 1 aromatic carbocycles. The van der Waals surface area contributed by atoms with Crippen LogP contribution in [-0.2, 0) is 9.59 Å². The monoisotopic (exact) mass is 286 g/mol. The van der Waals surface area contributed by atoms with Crippen molar-refractivity contribution in [1.82, 2.24) is 10.3 Å². The largest absolute Gasteiger partial charge is 0.296 e. The third kappa shape index (κ3) is 2.36. The average molecular weight is 286 g/mol. The fourth-order valence-electron chi connectivity index (χ4n) is 2.69. The Hall–Kier alpha value is -2.01. The molecule has 1 fully saturated rings. The minimum Gasteiger partial charge on any atom is -0.296 e. The number of hydrogen-bond donors (Lipinski definition) is 1. The van der Waals surface area contributed by atoms with Crippen LogP contribution in [0.3, 0.4) is 0 Å². The van der Waals surface area contributed by atoms with E-state index >= 15 is 0 Å². The van der Waals surface area contributed by atoms with Crippen LogP contribution in [0, 0.1) is 6.92 Å². The van der Waals surface area contributed by atoms with Crippen molar-refractivity contribution in [2.75, 3.05) is 0 Å². The first-order valence-corrected chi connectivity index (χ1v) is 7.32. The summed E-state index contributed by atoms with van der Waals surface area (Å²) in [6.45, 7) is 2.00. The molecule has 2 heterocycles. The first kappa shape index (κ1) is 13.0. The highest BCUT2D eigenvalue weighted by atomic mass is 32.1. The van der Waals surface area contributed by atoms with Crippen molar-refractivity contribution in [3.05, 3.63) is 52.0 Å². The summed E-state index contributed by atoms with van der Waals surface area (Å²) in [6.07, 6.45) is 2.08. The molecule has 0 spiro atoms. The lowest BCUT2D eigenvalue weighted by Gasteiger charge is -2.29. The van der Waals surface area contributed by atoms with Crippen LogP contribution in [0.15, 0.2) is 36.0 Å². The van der Waals surface area contributed by atoms with Gasteiger partial charge in [-0.2, -0.15) is 0 Å². The first-order chi connectivity index (χ1) is 9.65. The lowest BCUT2D eigenvalue weighted by atomic mass is 9.79. The lowest BCUT2D eigenvalue weighted by Crippen LogP contribution is -2.43. The van der Waals surface area contributed by atoms with Gasteiger partial charge in [-0.1, -0.05) is 29.8 Å². The van der Waals surface area contributed by atoms with Gasteiger partial charge in [-0.05, 0) is 12.5 Å². The van der Waals surface area contributed by atoms with E-state index in [1.54, 1.807) is 11.7 Å². The summed E-state index contributed by atoms with van der Waals surface area (Å²) in [5, 5.41) is 2.45. The van der Waals surface area contributed by atoms with Gasteiger partial charge < -0.3 is 0 Å². The van der Waals surface area contributed by atoms with Gasteiger partial charge in [0.1, 0.15) is 0 Å². The number of nitrogens with zero attached hydrogens (tertiary/aromatic N) is 1. The summed E-state index contributed by atoms with van der Waals surface area (Å²) < 4.78 is 0. The molecule has 102 valence electrons. The summed E-state index contributed by atoms with van der Waals surface area (Å²) in [5.74, 6) is -0.874. The van der Waals surface area contributed by atoms with Crippen LogP contribution in [0.25, 0.3) is 0 Å². The quantitative estimate of drug-likeness (QED) is 0.862. The Morgan fingerprint density at radius 1 is 1.35 bits per heavy atom. The van der Waals surface area contributed by atoms with Gasteiger partial charge in [-0.25, -0.2) is 0 Å². The van der Waals surface area contributed by atoms with E-state index in [1.165, 1.54) is 11.3 Å². The van der Waals surface area contributed by atoms with Crippen molar-refractivity contribution in [2.24, 2.45) is 0 Å². The fraction of sp³-hybridized carbons (Fsp3) is 0.267. The van der Waals surface area contributed by atoms with Gasteiger partial charge in [-0.15, -0.1) is 11.3 Å². The van der Waals surface area contributed by atoms with Crippen molar-refractivity contribution in [3.63, 3.8) is 0 Å². The highest BCUT2D eigenvalue weighted by molar-refractivity contribution is 7.09. The molecule has 20 heavy (non-hydrogen) atoms. The number of benzene rings is 1. The van der Waals surface area contributed by atoms with Gasteiger partial charge in [0.25, 0.3) is 0 Å². The molecule has 2 unspecified atom stereocenters. The number of rotatable bonds is 2. The number of aromatic nitrogens is 1. The molecule has 1 aliphatic heterocycles. The van der Waals surface area contributed by atoms with Crippen LogP contribution in [-0.4, -0.2) is 16.8 Å². The molecule has 2 amide bonds. The molecule has 2 aromatic rings. The van der Waals surface area contributed by atoms with E-state index in [9.17, 15) is 9.59 Å². The zero-order valence-corrected chi connectivity index (χ0v) is 11.8. The van der Waals surface area contributed by atoms with Crippen LogP contribution in [0.5, 0.6) is 0 Å². The van der Waals surface area contributed by atoms with Crippen molar-refractivity contribution in [2.45, 2.75) is 25.2 Å². The molecule has 1 saturated heterocycles. The topological polar surface area (TPSA) is 59.1 Å². The van der Waals surface area contributed by atoms with Crippen LogP contribution >= 0.6 is 11.3 Å². The summed E-state index contributed by atoms with van der Waals surface area (Å²) >= 11 is 1.49. The zero-order chi connectivity index (χ0) is 14.1. The van der Waals surface area contributed by atoms with E-state index in [4.69, 9.17) is 0 Å². The fourth-order valence-corrected chi connectivity index (χ4v) is 3.45. The Morgan fingerprint density at radius 3 is 2.90 bits per heavy atom. The van der Waals surface area contributed by atoms with E-state index in [0.717, 1.165) is 16.0 Å². The third-order valence-corrected chi connectivity index (χ3v) is 4.48. The van der Waals surface area contributed by atoms with Gasteiger partial charge in [0, 0.05) is 23.4 Å². The number of carbonyl (C=O) groups is 2. The molecule has 0 radical (unpaired) electrons. The summed E-state index contributed by atoms with van der Waals surface area (Å²) in [5.41, 5.74) is 3.79. The van der Waals surface area contributed by atoms with E-state index in [0.29, 0.717) is 6.42 Å². The standard InChI is InChI=1S/C15H14N2O2S/c1-9-3-2-4-10(5-9)14-11(12-7-16-8-20-12)6-13(18)17-15(14)19/h2-5,7-8,11,14H,6H2,1H3,(H,17,18,19). The number of carbonyl (C=O) groups excluding carboxylic acids is 2. The normalized spacial score (nSPS) is 22.6. The second-order valence-electron chi connectivity index (χ2n) is 5.02. The van der Waals surface area contributed by atoms with E-state index in [1.807, 2.05) is 31.2 Å². The summed E-state index contributed by atoms with van der Waals surface area (Å²) in [6, 6.07) is 7.89. The number of piperidine rings is 1. The minimum atomic E-state index is -0.326. The van der Waals surface area contributed by atoms with Gasteiger partial charge in [0.05, 0.1) is 11.4 Å². The Labute approximate surface area is 120 Å². The second-order valence-corrected chi connectivity index (χ2v) is 5.94. The van der Waals surface area contributed by atoms with Gasteiger partial charge in [0.2, 0.25) is 11.8 Å². The van der Waals surface area contributed by atoms with E-state index < -0.39 is 0 Å². The molecule has 3 rings (SSSR count). The predicted molar refractivity (Wildman–Crippen MR) is 76.5 cm³/mol. The smallest absolute Gasteiger partial charge is 0.234 e. The molecule has 4 nitrogen and oxygen atoms in total. The van der Waals surface area contributed by atoms with Crippen molar-refractivity contribution in [3.8, 4) is 0 Å². The maximum Gasteiger partial charge on any atom is 0.234 e. The van der Waals surface area contributed by atoms with Crippen LogP contribution in [0.2, 0.25) is 0 Å². The molecule has 1 aromatic heterocycles. The van der Waals surface area contributed by atoms with E-state index in [2.05, 4.69) is 10.3 Å². The number of imide groups is 1. The highest BCUT2D eigenvalue weighted by Crippen LogP contribution is 2.39. The molecule has 1 aliphatic rings. The molecular weight excluding hydrogens is 272 g/mol. The lowest BCUT2D eigenvalue weighted by molar-refractivity contribution is -0.135. The summed E-state index contributed by atoms with van der Waals surface area (Å²) in [7, 11) is 0. The molecule has 0 saturated carbocycles. The van der Waals surface area contributed by atoms with E-state index in [-0.39, 0.29) is 23.7 Å². The number of amides is 2. The number of nitrogens with one attached hydrogen (secondary N) is 1. The second kappa shape index (κ2) is 5.17. The van der Waals surface area contributed by atoms with Crippen LogP contribution in [0.1, 0.15) is 34.3 Å². The van der Waals surface area contributed by atoms with Crippen molar-refractivity contribution in [1.29, 1.82) is 0 Å². The third-order valence-electron chi connectivity index (χ3n) is 3.57. The highest BCUT2D eigenvalue weighted by Gasteiger charge is 2.38. The zero-order valence-electron chi connectivity index (χ0n) is 11.0. The first-order valence-electron chi connectivity index (χ1n) is 6.44. The number of aryl methyl sites for hydroxylation is 1. The predicted octanol–water partition coefficient (Wildman–Crippen LogP) is 2.37. The molecule has 0 aliphatic carbocycles. The number of thiazole rings is 1. The van der Waals surface area contributed by atoms with Gasteiger partial charge in [-0.3, -0.25) is 19.9 Å². The summed E-state index contributed by atoms with van der Waals surface area (Å²) in [4.78, 5) is 29.0. The molecule has 2 atom stereocenters. The SMILES string of the molecule is Cc1cccc(C2C(=O)NC(=O)CC2c2cncs2)c1. The van der Waals surface area contributed by atoms with Crippen LogP contribution in [0.4, 0.5) is 0 Å². The minimum absolute atomic E-state index is 0.120. The average Bonchev–Trinajstić information content (AvgIpc) is 2.91. The number of hydrogen-bond acceptors (Lipinski definition) is 4. The maximum absolute atomic E-state index is 12.3. The maximum atomic E-state index is 12.3. The Kier molecular flexibility index (Phi) is 3.36. The van der Waals surface area contributed by atoms with Gasteiger partial charge in [0.15, 0.2) is 0 Å². The van der Waals surface area contributed by atoms with Crippen molar-refractivity contribution < 1.29 is 9.59 Å². The molecule has 0 bridgehead atoms.